The molecule has 1 unspecified atom stereocenters. The molecule has 2 aromatic rings. The van der Waals surface area contributed by atoms with Gasteiger partial charge in [0, 0.05) is 31.7 Å². The number of nitrogens with one attached hydrogen (secondary N) is 1. The van der Waals surface area contributed by atoms with Crippen LogP contribution in [0.15, 0.2) is 46.1 Å². The van der Waals surface area contributed by atoms with Gasteiger partial charge in [-0.2, -0.15) is 5.10 Å². The number of hydrogen-bond donors (Lipinski definition) is 1. The standard InChI is InChI=1S/C23H32N4O3S/c1-17(2)14-18-7-9-21(10-8-18)31(29,30)25-20-4-3-13-26(16-20)22-11-12-23(28)27(24-22)15-19-5-6-19/h7-12,17,19-20,25H,3-6,13-16H2,1-2H3. The second-order valence-corrected chi connectivity index (χ2v) is 11.0. The molecule has 0 bridgehead atoms. The van der Waals surface area contributed by atoms with Crippen molar-refractivity contribution in [2.24, 2.45) is 11.8 Å². The van der Waals surface area contributed by atoms with Crippen molar-refractivity contribution in [3.63, 3.8) is 0 Å². The molecule has 31 heavy (non-hydrogen) atoms. The lowest BCUT2D eigenvalue weighted by atomic mass is 10.0. The average molecular weight is 445 g/mol. The van der Waals surface area contributed by atoms with E-state index in [1.165, 1.54) is 0 Å². The maximum absolute atomic E-state index is 12.9. The smallest absolute Gasteiger partial charge is 0.266 e. The summed E-state index contributed by atoms with van der Waals surface area (Å²) in [6, 6.07) is 10.3. The van der Waals surface area contributed by atoms with E-state index in [9.17, 15) is 13.2 Å². The fourth-order valence-corrected chi connectivity index (χ4v) is 5.39. The third-order valence-electron chi connectivity index (χ3n) is 5.93. The molecule has 0 amide bonds. The maximum atomic E-state index is 12.9. The molecule has 1 saturated carbocycles. The number of anilines is 1. The van der Waals surface area contributed by atoms with Gasteiger partial charge in [-0.25, -0.2) is 17.8 Å². The summed E-state index contributed by atoms with van der Waals surface area (Å²) in [7, 11) is -3.59. The van der Waals surface area contributed by atoms with E-state index in [2.05, 4.69) is 28.6 Å². The third-order valence-corrected chi connectivity index (χ3v) is 7.46. The molecule has 1 aromatic heterocycles. The summed E-state index contributed by atoms with van der Waals surface area (Å²) in [5, 5.41) is 4.55. The number of nitrogens with zero attached hydrogens (tertiary/aromatic N) is 3. The number of benzene rings is 1. The Labute approximate surface area is 184 Å². The van der Waals surface area contributed by atoms with Crippen LogP contribution in [-0.2, 0) is 23.0 Å². The molecule has 0 radical (unpaired) electrons. The first-order chi connectivity index (χ1) is 14.8. The molecule has 1 aliphatic carbocycles. The Kier molecular flexibility index (Phi) is 6.48. The van der Waals surface area contributed by atoms with Crippen molar-refractivity contribution in [3.05, 3.63) is 52.3 Å². The second-order valence-electron chi connectivity index (χ2n) is 9.30. The Hall–Kier alpha value is -2.19. The molecule has 2 fully saturated rings. The van der Waals surface area contributed by atoms with Crippen molar-refractivity contribution < 1.29 is 8.42 Å². The molecule has 1 atom stereocenters. The fourth-order valence-electron chi connectivity index (χ4n) is 4.13. The van der Waals surface area contributed by atoms with E-state index in [-0.39, 0.29) is 11.6 Å². The maximum Gasteiger partial charge on any atom is 0.266 e. The highest BCUT2D eigenvalue weighted by Crippen LogP contribution is 2.30. The Morgan fingerprint density at radius 1 is 1.10 bits per heavy atom. The molecule has 4 rings (SSSR count). The van der Waals surface area contributed by atoms with Crippen LogP contribution in [0.2, 0.25) is 0 Å². The van der Waals surface area contributed by atoms with Crippen molar-refractivity contribution in [2.75, 3.05) is 18.0 Å². The lowest BCUT2D eigenvalue weighted by Gasteiger charge is -2.33. The number of sulfonamides is 1. The van der Waals surface area contributed by atoms with E-state index in [1.54, 1.807) is 28.9 Å². The fraction of sp³-hybridized carbons (Fsp3) is 0.565. The summed E-state index contributed by atoms with van der Waals surface area (Å²) >= 11 is 0. The minimum absolute atomic E-state index is 0.0779. The first kappa shape index (κ1) is 22.0. The van der Waals surface area contributed by atoms with Crippen LogP contribution >= 0.6 is 0 Å². The van der Waals surface area contributed by atoms with E-state index in [4.69, 9.17) is 0 Å². The lowest BCUT2D eigenvalue weighted by Crippen LogP contribution is -2.48. The van der Waals surface area contributed by atoms with E-state index in [0.717, 1.165) is 50.0 Å². The highest BCUT2D eigenvalue weighted by atomic mass is 32.2. The van der Waals surface area contributed by atoms with Gasteiger partial charge in [0.15, 0.2) is 0 Å². The van der Waals surface area contributed by atoms with Gasteiger partial charge in [0.1, 0.15) is 5.82 Å². The second kappa shape index (κ2) is 9.12. The molecule has 1 aromatic carbocycles. The van der Waals surface area contributed by atoms with Crippen LogP contribution in [0.4, 0.5) is 5.82 Å². The van der Waals surface area contributed by atoms with Crippen molar-refractivity contribution in [3.8, 4) is 0 Å². The van der Waals surface area contributed by atoms with Crippen LogP contribution < -0.4 is 15.2 Å². The van der Waals surface area contributed by atoms with E-state index in [1.807, 2.05) is 12.1 Å². The van der Waals surface area contributed by atoms with Gasteiger partial charge in [-0.15, -0.1) is 0 Å². The Morgan fingerprint density at radius 3 is 2.52 bits per heavy atom. The topological polar surface area (TPSA) is 84.3 Å². The summed E-state index contributed by atoms with van der Waals surface area (Å²) in [5.41, 5.74) is 1.07. The summed E-state index contributed by atoms with van der Waals surface area (Å²) in [4.78, 5) is 14.5. The number of piperidine rings is 1. The SMILES string of the molecule is CC(C)Cc1ccc(S(=O)(=O)NC2CCCN(c3ccc(=O)n(CC4CC4)n3)C2)cc1. The van der Waals surface area contributed by atoms with Gasteiger partial charge >= 0.3 is 0 Å². The van der Waals surface area contributed by atoms with Crippen molar-refractivity contribution in [1.29, 1.82) is 0 Å². The molecular weight excluding hydrogens is 412 g/mol. The largest absolute Gasteiger partial charge is 0.354 e. The van der Waals surface area contributed by atoms with Gasteiger partial charge in [-0.1, -0.05) is 26.0 Å². The van der Waals surface area contributed by atoms with Crippen LogP contribution in [-0.4, -0.2) is 37.3 Å². The molecule has 1 aliphatic heterocycles. The quantitative estimate of drug-likeness (QED) is 0.677. The Morgan fingerprint density at radius 2 is 1.84 bits per heavy atom. The molecule has 8 heteroatoms. The van der Waals surface area contributed by atoms with Gasteiger partial charge in [-0.05, 0) is 67.7 Å². The molecule has 0 spiro atoms. The molecule has 2 heterocycles. The summed E-state index contributed by atoms with van der Waals surface area (Å²) < 4.78 is 30.3. The van der Waals surface area contributed by atoms with E-state index in [0.29, 0.717) is 29.8 Å². The van der Waals surface area contributed by atoms with Gasteiger partial charge < -0.3 is 4.90 Å². The molecule has 1 saturated heterocycles. The van der Waals surface area contributed by atoms with Gasteiger partial charge in [0.2, 0.25) is 10.0 Å². The van der Waals surface area contributed by atoms with Crippen LogP contribution in [0, 0.1) is 11.8 Å². The van der Waals surface area contributed by atoms with Crippen LogP contribution in [0.1, 0.15) is 45.1 Å². The predicted molar refractivity (Wildman–Crippen MR) is 122 cm³/mol. The molecular formula is C23H32N4O3S. The lowest BCUT2D eigenvalue weighted by molar-refractivity contribution is 0.457. The molecule has 168 valence electrons. The van der Waals surface area contributed by atoms with Crippen LogP contribution in [0.3, 0.4) is 0 Å². The zero-order valence-electron chi connectivity index (χ0n) is 18.3. The van der Waals surface area contributed by atoms with Crippen LogP contribution in [0.25, 0.3) is 0 Å². The Balaban J connectivity index is 1.43. The van der Waals surface area contributed by atoms with Crippen LogP contribution in [0.5, 0.6) is 0 Å². The first-order valence-corrected chi connectivity index (χ1v) is 12.7. The Bertz CT molecular complexity index is 1060. The minimum Gasteiger partial charge on any atom is -0.354 e. The van der Waals surface area contributed by atoms with Gasteiger partial charge in [-0.3, -0.25) is 4.79 Å². The highest BCUT2D eigenvalue weighted by Gasteiger charge is 2.27. The predicted octanol–water partition coefficient (Wildman–Crippen LogP) is 2.80. The zero-order valence-corrected chi connectivity index (χ0v) is 19.1. The number of rotatable bonds is 8. The molecule has 2 aliphatic rings. The molecule has 1 N–H and O–H groups in total. The minimum atomic E-state index is -3.59. The van der Waals surface area contributed by atoms with Crippen molar-refractivity contribution in [2.45, 2.75) is 63.4 Å². The summed E-state index contributed by atoms with van der Waals surface area (Å²) in [6.45, 7) is 6.31. The normalized spacial score (nSPS) is 19.7. The average Bonchev–Trinajstić information content (AvgIpc) is 3.54. The molecule has 7 nitrogen and oxygen atoms in total. The van der Waals surface area contributed by atoms with Gasteiger partial charge in [0.05, 0.1) is 4.90 Å². The zero-order chi connectivity index (χ0) is 22.0. The monoisotopic (exact) mass is 444 g/mol. The third kappa shape index (κ3) is 5.74. The van der Waals surface area contributed by atoms with Crippen molar-refractivity contribution in [1.82, 2.24) is 14.5 Å². The summed E-state index contributed by atoms with van der Waals surface area (Å²) in [5.74, 6) is 1.83. The van der Waals surface area contributed by atoms with Crippen molar-refractivity contribution >= 4 is 15.8 Å². The van der Waals surface area contributed by atoms with E-state index < -0.39 is 10.0 Å². The first-order valence-electron chi connectivity index (χ1n) is 11.2. The van der Waals surface area contributed by atoms with E-state index >= 15 is 0 Å². The summed E-state index contributed by atoms with van der Waals surface area (Å²) in [6.07, 6.45) is 4.89. The number of aromatic nitrogens is 2. The number of hydrogen-bond acceptors (Lipinski definition) is 5. The highest BCUT2D eigenvalue weighted by molar-refractivity contribution is 7.89. The van der Waals surface area contributed by atoms with Gasteiger partial charge in [0.25, 0.3) is 5.56 Å².